The van der Waals surface area contributed by atoms with Gasteiger partial charge in [0.15, 0.2) is 0 Å². The lowest BCUT2D eigenvalue weighted by Crippen LogP contribution is -2.55. The molecule has 5 heteroatoms. The Labute approximate surface area is 120 Å². The van der Waals surface area contributed by atoms with Crippen molar-refractivity contribution < 1.29 is 8.96 Å². The monoisotopic (exact) mass is 298 g/mol. The summed E-state index contributed by atoms with van der Waals surface area (Å²) in [4.78, 5) is 2.30. The molecular weight excluding hydrogens is 274 g/mol. The van der Waals surface area contributed by atoms with Gasteiger partial charge < -0.3 is 9.88 Å². The van der Waals surface area contributed by atoms with Crippen molar-refractivity contribution in [1.82, 2.24) is 10.2 Å². The van der Waals surface area contributed by atoms with Gasteiger partial charge in [-0.15, -0.1) is 0 Å². The fraction of sp³-hybridized carbons (Fsp3) is 0.600. The maximum atomic E-state index is 13.1. The van der Waals surface area contributed by atoms with Gasteiger partial charge in [0.05, 0.1) is 5.78 Å². The lowest BCUT2D eigenvalue weighted by molar-refractivity contribution is 0.129. The highest BCUT2D eigenvalue weighted by Gasteiger charge is 2.36. The molecule has 1 aromatic carbocycles. The Morgan fingerprint density at radius 2 is 1.90 bits per heavy atom. The van der Waals surface area contributed by atoms with Gasteiger partial charge in [-0.05, 0) is 44.9 Å². The maximum Gasteiger partial charge on any atom is 0.123 e. The maximum absolute atomic E-state index is 13.1. The van der Waals surface area contributed by atoms with Gasteiger partial charge in [-0.1, -0.05) is 12.1 Å². The van der Waals surface area contributed by atoms with Gasteiger partial charge in [0.2, 0.25) is 0 Å². The standard InChI is InChI=1S/C15H24FN2OP/c1-11-10-18(12(2)9-17-11)15(20(3,4)19)13-5-7-14(16)8-6-13/h5-8,11-12,15,17H,9-10H2,1-4H3/t11-,12+,15?/m0/s1. The molecule has 20 heavy (non-hydrogen) atoms. The number of piperazine rings is 1. The van der Waals surface area contributed by atoms with Crippen LogP contribution in [0.15, 0.2) is 24.3 Å². The van der Waals surface area contributed by atoms with Gasteiger partial charge in [0.25, 0.3) is 0 Å². The minimum absolute atomic E-state index is 0.136. The van der Waals surface area contributed by atoms with Crippen LogP contribution in [0.1, 0.15) is 25.2 Å². The van der Waals surface area contributed by atoms with E-state index in [4.69, 9.17) is 0 Å². The number of hydrogen-bond donors (Lipinski definition) is 1. The fourth-order valence-electron chi connectivity index (χ4n) is 2.93. The van der Waals surface area contributed by atoms with Crippen molar-refractivity contribution in [3.63, 3.8) is 0 Å². The Bertz CT molecular complexity index is 499. The van der Waals surface area contributed by atoms with Crippen LogP contribution in [0.2, 0.25) is 0 Å². The minimum Gasteiger partial charge on any atom is -0.322 e. The van der Waals surface area contributed by atoms with Crippen molar-refractivity contribution in [2.45, 2.75) is 31.7 Å². The SMILES string of the molecule is C[C@@H]1CN[C@@H](C)CN1C(c1ccc(F)cc1)P(C)(C)=O. The van der Waals surface area contributed by atoms with E-state index in [-0.39, 0.29) is 11.6 Å². The zero-order valence-electron chi connectivity index (χ0n) is 12.6. The topological polar surface area (TPSA) is 32.3 Å². The van der Waals surface area contributed by atoms with Crippen LogP contribution in [0.4, 0.5) is 4.39 Å². The molecule has 0 radical (unpaired) electrons. The van der Waals surface area contributed by atoms with Crippen molar-refractivity contribution in [1.29, 1.82) is 0 Å². The largest absolute Gasteiger partial charge is 0.322 e. The average molecular weight is 298 g/mol. The fourth-order valence-corrected chi connectivity index (χ4v) is 4.86. The molecule has 1 heterocycles. The second-order valence-electron chi connectivity index (χ2n) is 6.21. The quantitative estimate of drug-likeness (QED) is 0.870. The van der Waals surface area contributed by atoms with E-state index in [1.807, 2.05) is 13.3 Å². The smallest absolute Gasteiger partial charge is 0.123 e. The van der Waals surface area contributed by atoms with E-state index < -0.39 is 7.14 Å². The van der Waals surface area contributed by atoms with Gasteiger partial charge >= 0.3 is 0 Å². The number of rotatable bonds is 3. The molecule has 0 amide bonds. The zero-order chi connectivity index (χ0) is 14.9. The van der Waals surface area contributed by atoms with Crippen LogP contribution in [0.3, 0.4) is 0 Å². The molecule has 1 aromatic rings. The van der Waals surface area contributed by atoms with Crippen LogP contribution in [-0.4, -0.2) is 43.4 Å². The summed E-state index contributed by atoms with van der Waals surface area (Å²) in [5, 5.41) is 3.44. The Kier molecular flexibility index (Phi) is 4.68. The van der Waals surface area contributed by atoms with E-state index in [9.17, 15) is 8.96 Å². The third kappa shape index (κ3) is 3.49. The molecule has 0 bridgehead atoms. The van der Waals surface area contributed by atoms with Crippen LogP contribution >= 0.6 is 7.14 Å². The van der Waals surface area contributed by atoms with E-state index in [0.717, 1.165) is 18.7 Å². The normalized spacial score (nSPS) is 26.4. The highest BCUT2D eigenvalue weighted by Crippen LogP contribution is 2.55. The lowest BCUT2D eigenvalue weighted by Gasteiger charge is -2.44. The van der Waals surface area contributed by atoms with Crippen LogP contribution < -0.4 is 5.32 Å². The predicted molar refractivity (Wildman–Crippen MR) is 82.2 cm³/mol. The molecule has 112 valence electrons. The molecule has 3 nitrogen and oxygen atoms in total. The summed E-state index contributed by atoms with van der Waals surface area (Å²) in [7, 11) is -2.37. The number of hydrogen-bond acceptors (Lipinski definition) is 3. The van der Waals surface area contributed by atoms with Crippen molar-refractivity contribution in [3.05, 3.63) is 35.6 Å². The second kappa shape index (κ2) is 5.97. The van der Waals surface area contributed by atoms with Gasteiger partial charge in [0.1, 0.15) is 13.0 Å². The molecule has 1 unspecified atom stereocenters. The highest BCUT2D eigenvalue weighted by atomic mass is 31.2. The summed E-state index contributed by atoms with van der Waals surface area (Å²) < 4.78 is 25.9. The molecule has 1 N–H and O–H groups in total. The Morgan fingerprint density at radius 3 is 2.45 bits per heavy atom. The molecule has 0 spiro atoms. The van der Waals surface area contributed by atoms with Gasteiger partial charge in [-0.2, -0.15) is 0 Å². The second-order valence-corrected chi connectivity index (χ2v) is 9.57. The Morgan fingerprint density at radius 1 is 1.30 bits per heavy atom. The summed E-state index contributed by atoms with van der Waals surface area (Å²) in [5.41, 5.74) is 0.945. The molecule has 0 aromatic heterocycles. The van der Waals surface area contributed by atoms with E-state index >= 15 is 0 Å². The van der Waals surface area contributed by atoms with Crippen molar-refractivity contribution in [2.24, 2.45) is 0 Å². The number of nitrogens with zero attached hydrogens (tertiary/aromatic N) is 1. The lowest BCUT2D eigenvalue weighted by atomic mass is 10.1. The van der Waals surface area contributed by atoms with E-state index in [0.29, 0.717) is 12.1 Å². The Balaban J connectivity index is 2.37. The first kappa shape index (κ1) is 15.7. The van der Waals surface area contributed by atoms with Gasteiger partial charge in [-0.25, -0.2) is 4.39 Å². The first-order valence-corrected chi connectivity index (χ1v) is 9.75. The molecule has 0 aliphatic carbocycles. The molecule has 1 fully saturated rings. The Hall–Kier alpha value is -0.700. The summed E-state index contributed by atoms with van der Waals surface area (Å²) in [5.74, 6) is -0.390. The van der Waals surface area contributed by atoms with E-state index in [2.05, 4.69) is 24.1 Å². The first-order valence-electron chi connectivity index (χ1n) is 7.08. The van der Waals surface area contributed by atoms with Crippen molar-refractivity contribution in [3.8, 4) is 0 Å². The van der Waals surface area contributed by atoms with Crippen molar-refractivity contribution >= 4 is 7.14 Å². The van der Waals surface area contributed by atoms with Crippen LogP contribution in [0.5, 0.6) is 0 Å². The van der Waals surface area contributed by atoms with Gasteiger partial charge in [-0.3, -0.25) is 4.90 Å². The highest BCUT2D eigenvalue weighted by molar-refractivity contribution is 7.62. The number of benzene rings is 1. The molecule has 1 aliphatic rings. The third-order valence-corrected chi connectivity index (χ3v) is 5.66. The predicted octanol–water partition coefficient (Wildman–Crippen LogP) is 3.13. The van der Waals surface area contributed by atoms with Crippen LogP contribution in [0, 0.1) is 5.82 Å². The van der Waals surface area contributed by atoms with Gasteiger partial charge in [0, 0.05) is 25.2 Å². The molecule has 2 rings (SSSR count). The molecule has 1 aliphatic heterocycles. The summed E-state index contributed by atoms with van der Waals surface area (Å²) in [6.45, 7) is 9.66. The zero-order valence-corrected chi connectivity index (χ0v) is 13.5. The van der Waals surface area contributed by atoms with Crippen molar-refractivity contribution in [2.75, 3.05) is 26.4 Å². The minimum atomic E-state index is -2.37. The van der Waals surface area contributed by atoms with E-state index in [1.54, 1.807) is 12.1 Å². The number of halogens is 1. The summed E-state index contributed by atoms with van der Waals surface area (Å²) in [6.07, 6.45) is 0. The average Bonchev–Trinajstić information content (AvgIpc) is 2.35. The molecule has 3 atom stereocenters. The van der Waals surface area contributed by atoms with Crippen LogP contribution in [-0.2, 0) is 4.57 Å². The van der Waals surface area contributed by atoms with Crippen LogP contribution in [0.25, 0.3) is 0 Å². The number of nitrogens with one attached hydrogen (secondary N) is 1. The molecular formula is C15H24FN2OP. The molecule has 0 saturated carbocycles. The summed E-state index contributed by atoms with van der Waals surface area (Å²) >= 11 is 0. The van der Waals surface area contributed by atoms with E-state index in [1.165, 1.54) is 12.1 Å². The molecule has 1 saturated heterocycles. The first-order chi connectivity index (χ1) is 9.29. The third-order valence-electron chi connectivity index (χ3n) is 3.88. The summed E-state index contributed by atoms with van der Waals surface area (Å²) in [6, 6.07) is 7.12.